The number of primary amides is 1. The molecule has 0 saturated carbocycles. The first-order chi connectivity index (χ1) is 27.2. The van der Waals surface area contributed by atoms with Crippen molar-refractivity contribution in [2.45, 2.75) is 32.4 Å². The van der Waals surface area contributed by atoms with Crippen molar-refractivity contribution >= 4 is 58.2 Å². The van der Waals surface area contributed by atoms with Gasteiger partial charge < -0.3 is 46.7 Å². The lowest BCUT2D eigenvalue weighted by molar-refractivity contribution is -0.123. The fourth-order valence-electron chi connectivity index (χ4n) is 5.37. The average molecular weight is 771 g/mol. The molecule has 4 aromatic carbocycles. The number of hydrogen-bond donors (Lipinski definition) is 7. The molecule has 290 valence electrons. The van der Waals surface area contributed by atoms with Gasteiger partial charge in [0.15, 0.2) is 11.5 Å². The largest absolute Gasteiger partial charge is 0.504 e. The van der Waals surface area contributed by atoms with Crippen molar-refractivity contribution in [3.8, 4) is 17.6 Å². The van der Waals surface area contributed by atoms with Crippen molar-refractivity contribution in [3.63, 3.8) is 0 Å². The summed E-state index contributed by atoms with van der Waals surface area (Å²) in [6.07, 6.45) is 2.50. The summed E-state index contributed by atoms with van der Waals surface area (Å²) in [6, 6.07) is 22.6. The van der Waals surface area contributed by atoms with E-state index in [9.17, 15) is 33.9 Å². The fourth-order valence-corrected chi connectivity index (χ4v) is 5.37. The summed E-state index contributed by atoms with van der Waals surface area (Å²) >= 11 is 0. The Bertz CT molecular complexity index is 2360. The smallest absolute Gasteiger partial charge is 0.259 e. The van der Waals surface area contributed by atoms with Crippen molar-refractivity contribution in [1.29, 1.82) is 5.26 Å². The first kappa shape index (κ1) is 40.3. The zero-order chi connectivity index (χ0) is 41.2. The standard InChI is InChI=1S/C41H38N8O8/c1-23(2)57-36-32(17-16-31(35(36)51)40(55)46-30-18-19-49(3)22-30)47-38(53)26-10-14-29(15-11-26)45-41(56)33(20-34(43)50)48-39(54)27-8-12-28(13-9-27)44-37(52)25-6-4-24(21-42)5-7-25/h4-19,22-23,33,51H,20H2,1-3H3,(H2,43,50)(H,44,52)(H,45,56)(H,46,55)(H,47,53)(H,48,54). The van der Waals surface area contributed by atoms with E-state index in [1.165, 1.54) is 84.9 Å². The second kappa shape index (κ2) is 17.9. The number of aryl methyl sites for hydroxylation is 1. The number of rotatable bonds is 14. The lowest BCUT2D eigenvalue weighted by Crippen LogP contribution is -2.46. The van der Waals surface area contributed by atoms with Gasteiger partial charge in [-0.05, 0) is 105 Å². The third-order valence-corrected chi connectivity index (χ3v) is 8.19. The van der Waals surface area contributed by atoms with Gasteiger partial charge in [-0.25, -0.2) is 0 Å². The van der Waals surface area contributed by atoms with Crippen molar-refractivity contribution in [2.24, 2.45) is 12.8 Å². The number of amides is 6. The Hall–Kier alpha value is -7.93. The summed E-state index contributed by atoms with van der Waals surface area (Å²) in [4.78, 5) is 76.9. The molecule has 16 nitrogen and oxygen atoms in total. The van der Waals surface area contributed by atoms with Gasteiger partial charge in [0.2, 0.25) is 11.8 Å². The molecule has 0 fully saturated rings. The maximum absolute atomic E-state index is 13.3. The van der Waals surface area contributed by atoms with Crippen molar-refractivity contribution in [1.82, 2.24) is 9.88 Å². The molecule has 1 atom stereocenters. The zero-order valence-electron chi connectivity index (χ0n) is 31.0. The molecule has 0 bridgehead atoms. The van der Waals surface area contributed by atoms with Crippen molar-refractivity contribution in [2.75, 3.05) is 21.3 Å². The number of aromatic hydroxyl groups is 1. The third kappa shape index (κ3) is 10.6. The zero-order valence-corrected chi connectivity index (χ0v) is 31.0. The molecule has 57 heavy (non-hydrogen) atoms. The maximum Gasteiger partial charge on any atom is 0.259 e. The number of phenolic OH excluding ortho intramolecular Hbond substituents is 1. The number of aromatic nitrogens is 1. The van der Waals surface area contributed by atoms with Crippen LogP contribution in [0.4, 0.5) is 22.7 Å². The minimum absolute atomic E-state index is 0.0707. The highest BCUT2D eigenvalue weighted by atomic mass is 16.5. The van der Waals surface area contributed by atoms with Crippen LogP contribution in [-0.4, -0.2) is 57.3 Å². The Labute approximate surface area is 326 Å². The number of benzene rings is 4. The summed E-state index contributed by atoms with van der Waals surface area (Å²) in [6.45, 7) is 3.44. The Morgan fingerprint density at radius 1 is 0.719 bits per heavy atom. The number of ether oxygens (including phenoxy) is 1. The minimum Gasteiger partial charge on any atom is -0.504 e. The molecule has 0 aliphatic carbocycles. The van der Waals surface area contributed by atoms with Crippen LogP contribution >= 0.6 is 0 Å². The molecular formula is C41H38N8O8. The number of hydrogen-bond acceptors (Lipinski definition) is 9. The molecule has 5 rings (SSSR count). The average Bonchev–Trinajstić information content (AvgIpc) is 3.59. The van der Waals surface area contributed by atoms with Gasteiger partial charge in [-0.2, -0.15) is 5.26 Å². The third-order valence-electron chi connectivity index (χ3n) is 8.19. The summed E-state index contributed by atoms with van der Waals surface area (Å²) in [5, 5.41) is 33.1. The van der Waals surface area contributed by atoms with Gasteiger partial charge in [-0.1, -0.05) is 0 Å². The molecule has 5 aromatic rings. The molecule has 0 spiro atoms. The molecule has 0 radical (unpaired) electrons. The topological polar surface area (TPSA) is 247 Å². The van der Waals surface area contributed by atoms with Crippen LogP contribution in [-0.2, 0) is 16.6 Å². The maximum atomic E-state index is 13.3. The van der Waals surface area contributed by atoms with Gasteiger partial charge in [0.25, 0.3) is 23.6 Å². The van der Waals surface area contributed by atoms with Crippen LogP contribution in [0.1, 0.15) is 67.3 Å². The van der Waals surface area contributed by atoms with Crippen molar-refractivity contribution in [3.05, 3.63) is 131 Å². The molecule has 8 N–H and O–H groups in total. The van der Waals surface area contributed by atoms with Crippen LogP contribution in [0.3, 0.4) is 0 Å². The number of carbonyl (C=O) groups excluding carboxylic acids is 6. The second-order valence-electron chi connectivity index (χ2n) is 13.0. The number of nitriles is 1. The van der Waals surface area contributed by atoms with E-state index in [1.54, 1.807) is 43.9 Å². The summed E-state index contributed by atoms with van der Waals surface area (Å²) in [5.41, 5.74) is 7.57. The van der Waals surface area contributed by atoms with Gasteiger partial charge in [0, 0.05) is 47.5 Å². The highest BCUT2D eigenvalue weighted by molar-refractivity contribution is 6.10. The number of anilines is 4. The molecule has 0 saturated heterocycles. The van der Waals surface area contributed by atoms with E-state index >= 15 is 0 Å². The van der Waals surface area contributed by atoms with Crippen LogP contribution in [0, 0.1) is 11.3 Å². The Kier molecular flexibility index (Phi) is 12.7. The number of carbonyl (C=O) groups is 6. The number of phenols is 1. The van der Waals surface area contributed by atoms with E-state index in [2.05, 4.69) is 26.6 Å². The van der Waals surface area contributed by atoms with Gasteiger partial charge >= 0.3 is 0 Å². The van der Waals surface area contributed by atoms with E-state index in [-0.39, 0.29) is 33.8 Å². The fraction of sp³-hybridized carbons (Fsp3) is 0.146. The Balaban J connectivity index is 1.21. The van der Waals surface area contributed by atoms with E-state index in [1.807, 2.05) is 6.07 Å². The molecule has 1 aromatic heterocycles. The van der Waals surface area contributed by atoms with Crippen LogP contribution in [0.25, 0.3) is 0 Å². The van der Waals surface area contributed by atoms with Gasteiger partial charge in [-0.15, -0.1) is 0 Å². The Morgan fingerprint density at radius 2 is 1.26 bits per heavy atom. The molecule has 6 amide bonds. The summed E-state index contributed by atoms with van der Waals surface area (Å²) < 4.78 is 7.53. The predicted octanol–water partition coefficient (Wildman–Crippen LogP) is 4.76. The van der Waals surface area contributed by atoms with E-state index < -0.39 is 59.8 Å². The van der Waals surface area contributed by atoms with E-state index in [0.717, 1.165) is 0 Å². The Morgan fingerprint density at radius 3 is 1.81 bits per heavy atom. The number of nitrogens with zero attached hydrogens (tertiary/aromatic N) is 2. The lowest BCUT2D eigenvalue weighted by Gasteiger charge is -2.18. The molecule has 16 heteroatoms. The first-order valence-electron chi connectivity index (χ1n) is 17.4. The first-order valence-corrected chi connectivity index (χ1v) is 17.4. The van der Waals surface area contributed by atoms with Crippen LogP contribution in [0.2, 0.25) is 0 Å². The summed E-state index contributed by atoms with van der Waals surface area (Å²) in [5.74, 6) is -4.47. The van der Waals surface area contributed by atoms with Gasteiger partial charge in [0.05, 0.1) is 41.1 Å². The highest BCUT2D eigenvalue weighted by Crippen LogP contribution is 2.39. The van der Waals surface area contributed by atoms with E-state index in [4.69, 9.17) is 15.7 Å². The number of nitrogens with two attached hydrogens (primary N) is 1. The minimum atomic E-state index is -1.36. The number of nitrogens with one attached hydrogen (secondary N) is 5. The summed E-state index contributed by atoms with van der Waals surface area (Å²) in [7, 11) is 1.80. The molecule has 0 aliphatic rings. The normalized spacial score (nSPS) is 11.1. The van der Waals surface area contributed by atoms with Crippen LogP contribution in [0.15, 0.2) is 103 Å². The second-order valence-corrected chi connectivity index (χ2v) is 13.0. The highest BCUT2D eigenvalue weighted by Gasteiger charge is 2.25. The van der Waals surface area contributed by atoms with Gasteiger partial charge in [0.1, 0.15) is 6.04 Å². The van der Waals surface area contributed by atoms with Crippen LogP contribution < -0.4 is 37.1 Å². The SMILES string of the molecule is CC(C)Oc1c(NC(=O)c2ccc(NC(=O)C(CC(N)=O)NC(=O)c3ccc(NC(=O)c4ccc(C#N)cc4)cc3)cc2)ccc(C(=O)Nc2ccn(C)c2)c1O. The van der Waals surface area contributed by atoms with E-state index in [0.29, 0.717) is 22.5 Å². The van der Waals surface area contributed by atoms with Crippen molar-refractivity contribution < 1.29 is 38.6 Å². The van der Waals surface area contributed by atoms with Crippen LogP contribution in [0.5, 0.6) is 11.5 Å². The molecule has 0 aliphatic heterocycles. The lowest BCUT2D eigenvalue weighted by atomic mass is 10.1. The quantitative estimate of drug-likeness (QED) is 0.0822. The monoisotopic (exact) mass is 770 g/mol. The van der Waals surface area contributed by atoms with Gasteiger partial charge in [-0.3, -0.25) is 28.8 Å². The molecule has 1 heterocycles. The predicted molar refractivity (Wildman–Crippen MR) is 211 cm³/mol. The molecular weight excluding hydrogens is 732 g/mol. The molecule has 1 unspecified atom stereocenters.